The van der Waals surface area contributed by atoms with E-state index in [9.17, 15) is 4.39 Å². The number of halogens is 1. The Kier molecular flexibility index (Phi) is 4.32. The van der Waals surface area contributed by atoms with E-state index >= 15 is 0 Å². The number of hydrogen-bond donors (Lipinski definition) is 0. The Morgan fingerprint density at radius 2 is 2.11 bits per heavy atom. The molecule has 0 spiro atoms. The summed E-state index contributed by atoms with van der Waals surface area (Å²) >= 11 is 0. The average molecular weight is 125 g/mol. The molecule has 0 aromatic heterocycles. The Morgan fingerprint density at radius 1 is 1.44 bits per heavy atom. The molecule has 0 aromatic rings. The van der Waals surface area contributed by atoms with E-state index in [-0.39, 0.29) is 0 Å². The predicted molar refractivity (Wildman–Crippen MR) is 38.1 cm³/mol. The Morgan fingerprint density at radius 3 is 2.56 bits per heavy atom. The molecule has 0 aliphatic carbocycles. The maximum absolute atomic E-state index is 12.0. The Hall–Kier alpha value is -1.18. The molecule has 0 aliphatic heterocycles. The number of allylic oxidation sites excluding steroid dienone is 3. The van der Waals surface area contributed by atoms with Gasteiger partial charge in [0.2, 0.25) is 5.97 Å². The highest BCUT2D eigenvalue weighted by molar-refractivity contribution is 5.86. The molecule has 1 nitrogen and oxygen atoms in total. The second-order valence-corrected chi connectivity index (χ2v) is 1.23. The minimum atomic E-state index is -0.590. The Balaban J connectivity index is 3.81. The highest BCUT2D eigenvalue weighted by atomic mass is 19.1. The van der Waals surface area contributed by atoms with Crippen LogP contribution in [0.5, 0.6) is 0 Å². The monoisotopic (exact) mass is 125 g/mol. The highest BCUT2D eigenvalue weighted by Crippen LogP contribution is 1.83. The van der Waals surface area contributed by atoms with Crippen LogP contribution in [0.25, 0.3) is 0 Å². The van der Waals surface area contributed by atoms with Crippen LogP contribution in [0.15, 0.2) is 42.6 Å². The van der Waals surface area contributed by atoms with E-state index in [0.717, 1.165) is 6.08 Å². The van der Waals surface area contributed by atoms with Gasteiger partial charge in [0.05, 0.1) is 0 Å². The van der Waals surface area contributed by atoms with Crippen molar-refractivity contribution in [3.63, 3.8) is 0 Å². The third-order valence-electron chi connectivity index (χ3n) is 0.588. The van der Waals surface area contributed by atoms with Crippen molar-refractivity contribution in [1.82, 2.24) is 0 Å². The molecular formula is C7H8FN. The second-order valence-electron chi connectivity index (χ2n) is 1.23. The van der Waals surface area contributed by atoms with Gasteiger partial charge in [0.25, 0.3) is 0 Å². The molecule has 0 radical (unpaired) electrons. The summed E-state index contributed by atoms with van der Waals surface area (Å²) in [6.07, 6.45) is 5.39. The van der Waals surface area contributed by atoms with Crippen molar-refractivity contribution < 1.29 is 4.39 Å². The van der Waals surface area contributed by atoms with Gasteiger partial charge < -0.3 is 0 Å². The van der Waals surface area contributed by atoms with Crippen LogP contribution in [0.4, 0.5) is 4.39 Å². The quantitative estimate of drug-likeness (QED) is 0.405. The lowest BCUT2D eigenvalue weighted by Crippen LogP contribution is -1.74. The largest absolute Gasteiger partial charge is 0.228 e. The van der Waals surface area contributed by atoms with E-state index in [2.05, 4.69) is 18.2 Å². The molecule has 9 heavy (non-hydrogen) atoms. The fourth-order valence-corrected chi connectivity index (χ4v) is 0.228. The molecule has 0 N–H and O–H groups in total. The van der Waals surface area contributed by atoms with Gasteiger partial charge in [0.1, 0.15) is 0 Å². The molecule has 2 heteroatoms. The van der Waals surface area contributed by atoms with Crippen molar-refractivity contribution in [2.75, 3.05) is 0 Å². The van der Waals surface area contributed by atoms with Crippen molar-refractivity contribution in [3.8, 4) is 0 Å². The molecule has 48 valence electrons. The predicted octanol–water partition coefficient (Wildman–Crippen LogP) is 2.24. The normalized spacial score (nSPS) is 11.9. The summed E-state index contributed by atoms with van der Waals surface area (Å²) < 4.78 is 12.0. The third-order valence-corrected chi connectivity index (χ3v) is 0.588. The fourth-order valence-electron chi connectivity index (χ4n) is 0.228. The van der Waals surface area contributed by atoms with Crippen molar-refractivity contribution >= 4 is 5.97 Å². The lowest BCUT2D eigenvalue weighted by molar-refractivity contribution is 0.813. The molecule has 0 unspecified atom stereocenters. The lowest BCUT2D eigenvalue weighted by Gasteiger charge is -1.76. The first-order valence-electron chi connectivity index (χ1n) is 2.44. The maximum atomic E-state index is 12.0. The standard InChI is InChI=1S/C7H8FN/c1-3-5-6-9-7(8)4-2/h3-6H,1-2H2/b6-5-,9-7+. The molecule has 0 heterocycles. The van der Waals surface area contributed by atoms with Crippen molar-refractivity contribution in [2.24, 2.45) is 4.99 Å². The van der Waals surface area contributed by atoms with Gasteiger partial charge in [-0.25, -0.2) is 4.99 Å². The summed E-state index contributed by atoms with van der Waals surface area (Å²) in [5, 5.41) is 0. The third kappa shape index (κ3) is 4.68. The molecule has 0 aliphatic rings. The van der Waals surface area contributed by atoms with Crippen LogP contribution in [0.2, 0.25) is 0 Å². The van der Waals surface area contributed by atoms with Gasteiger partial charge in [-0.3, -0.25) is 0 Å². The molecule has 0 bridgehead atoms. The molecule has 0 rings (SSSR count). The average Bonchev–Trinajstić information content (AvgIpc) is 1.89. The van der Waals surface area contributed by atoms with Crippen LogP contribution < -0.4 is 0 Å². The van der Waals surface area contributed by atoms with Crippen LogP contribution in [0.1, 0.15) is 0 Å². The number of nitrogens with zero attached hydrogens (tertiary/aromatic N) is 1. The molecular weight excluding hydrogens is 117 g/mol. The lowest BCUT2D eigenvalue weighted by atomic mass is 10.6. The van der Waals surface area contributed by atoms with E-state index in [0.29, 0.717) is 0 Å². The van der Waals surface area contributed by atoms with Crippen molar-refractivity contribution in [2.45, 2.75) is 0 Å². The first kappa shape index (κ1) is 7.82. The summed E-state index contributed by atoms with van der Waals surface area (Å²) in [6, 6.07) is 0. The first-order chi connectivity index (χ1) is 4.31. The number of aliphatic imine (C=N–C) groups is 1. The van der Waals surface area contributed by atoms with Gasteiger partial charge in [-0.15, -0.1) is 0 Å². The van der Waals surface area contributed by atoms with Gasteiger partial charge in [-0.1, -0.05) is 19.2 Å². The number of hydrogen-bond acceptors (Lipinski definition) is 1. The Bertz CT molecular complexity index is 156. The van der Waals surface area contributed by atoms with E-state index in [1.165, 1.54) is 18.4 Å². The van der Waals surface area contributed by atoms with Crippen molar-refractivity contribution in [3.05, 3.63) is 37.6 Å². The van der Waals surface area contributed by atoms with Crippen LogP contribution in [-0.4, -0.2) is 5.97 Å². The number of rotatable bonds is 3. The molecule has 0 aromatic carbocycles. The van der Waals surface area contributed by atoms with E-state index < -0.39 is 5.97 Å². The first-order valence-corrected chi connectivity index (χ1v) is 2.44. The summed E-state index contributed by atoms with van der Waals surface area (Å²) in [7, 11) is 0. The van der Waals surface area contributed by atoms with Gasteiger partial charge >= 0.3 is 0 Å². The Labute approximate surface area is 53.9 Å². The fraction of sp³-hybridized carbons (Fsp3) is 0. The van der Waals surface area contributed by atoms with Crippen LogP contribution in [0, 0.1) is 0 Å². The molecule has 0 saturated carbocycles. The maximum Gasteiger partial charge on any atom is 0.212 e. The molecule has 0 atom stereocenters. The zero-order valence-electron chi connectivity index (χ0n) is 5.05. The zero-order valence-corrected chi connectivity index (χ0v) is 5.05. The SMILES string of the molecule is C=C/C=C\N=C(\F)C=C. The van der Waals surface area contributed by atoms with Crippen LogP contribution >= 0.6 is 0 Å². The summed E-state index contributed by atoms with van der Waals surface area (Å²) in [5.74, 6) is -0.590. The second kappa shape index (κ2) is 4.97. The summed E-state index contributed by atoms with van der Waals surface area (Å²) in [4.78, 5) is 3.31. The molecule has 0 saturated heterocycles. The van der Waals surface area contributed by atoms with Crippen LogP contribution in [0.3, 0.4) is 0 Å². The molecule has 0 fully saturated rings. The highest BCUT2D eigenvalue weighted by Gasteiger charge is 1.78. The minimum Gasteiger partial charge on any atom is -0.228 e. The smallest absolute Gasteiger partial charge is 0.212 e. The van der Waals surface area contributed by atoms with Gasteiger partial charge in [-0.2, -0.15) is 4.39 Å². The van der Waals surface area contributed by atoms with E-state index in [1.54, 1.807) is 0 Å². The summed E-state index contributed by atoms with van der Waals surface area (Å²) in [5.41, 5.74) is 0. The topological polar surface area (TPSA) is 12.4 Å². The van der Waals surface area contributed by atoms with Crippen molar-refractivity contribution in [1.29, 1.82) is 0 Å². The molecule has 0 amide bonds. The van der Waals surface area contributed by atoms with Gasteiger partial charge in [-0.05, 0) is 12.2 Å². The van der Waals surface area contributed by atoms with Crippen LogP contribution in [-0.2, 0) is 0 Å². The van der Waals surface area contributed by atoms with E-state index in [1.807, 2.05) is 0 Å². The van der Waals surface area contributed by atoms with Gasteiger partial charge in [0.15, 0.2) is 0 Å². The zero-order chi connectivity index (χ0) is 7.11. The minimum absolute atomic E-state index is 0.590. The summed E-state index contributed by atoms with van der Waals surface area (Å²) in [6.45, 7) is 6.55. The van der Waals surface area contributed by atoms with E-state index in [4.69, 9.17) is 0 Å². The van der Waals surface area contributed by atoms with Gasteiger partial charge in [0, 0.05) is 6.20 Å².